The lowest BCUT2D eigenvalue weighted by atomic mass is 10.1. The molecule has 144 valence electrons. The number of nitrogens with one attached hydrogen (secondary N) is 2. The van der Waals surface area contributed by atoms with Gasteiger partial charge in [0, 0.05) is 33.3 Å². The van der Waals surface area contributed by atoms with Gasteiger partial charge in [-0.05, 0) is 37.0 Å². The summed E-state index contributed by atoms with van der Waals surface area (Å²) in [7, 11) is -1.90. The number of hydrogen-bond donors (Lipinski definition) is 2. The molecular formula is C17H25N3O5S. The number of nitrogens with zero attached hydrogens (tertiary/aromatic N) is 1. The second kappa shape index (κ2) is 9.65. The molecule has 0 bridgehead atoms. The summed E-state index contributed by atoms with van der Waals surface area (Å²) in [6.07, 6.45) is 2.30. The molecule has 0 spiro atoms. The lowest BCUT2D eigenvalue weighted by molar-refractivity contribution is -0.139. The molecule has 1 aliphatic rings. The van der Waals surface area contributed by atoms with Gasteiger partial charge in [-0.25, -0.2) is 8.42 Å². The number of methoxy groups -OCH3 is 1. The second-order valence-corrected chi connectivity index (χ2v) is 7.95. The van der Waals surface area contributed by atoms with Gasteiger partial charge in [0.1, 0.15) is 0 Å². The predicted octanol–water partition coefficient (Wildman–Crippen LogP) is -0.108. The maximum atomic E-state index is 12.4. The second-order valence-electron chi connectivity index (χ2n) is 6.01. The summed E-state index contributed by atoms with van der Waals surface area (Å²) < 4.78 is 31.2. The molecule has 1 aromatic carbocycles. The minimum absolute atomic E-state index is 0.274. The molecule has 9 heteroatoms. The molecule has 2 amide bonds. The van der Waals surface area contributed by atoms with E-state index in [0.717, 1.165) is 18.4 Å². The van der Waals surface area contributed by atoms with Gasteiger partial charge in [-0.1, -0.05) is 12.1 Å². The lowest BCUT2D eigenvalue weighted by Gasteiger charge is -2.15. The van der Waals surface area contributed by atoms with Gasteiger partial charge in [0.2, 0.25) is 10.0 Å². The van der Waals surface area contributed by atoms with Crippen molar-refractivity contribution >= 4 is 21.8 Å². The number of amides is 2. The van der Waals surface area contributed by atoms with E-state index in [0.29, 0.717) is 26.1 Å². The van der Waals surface area contributed by atoms with Crippen molar-refractivity contribution in [1.29, 1.82) is 0 Å². The summed E-state index contributed by atoms with van der Waals surface area (Å²) in [6, 6.07) is 6.63. The number of hydrogen-bond acceptors (Lipinski definition) is 5. The summed E-state index contributed by atoms with van der Waals surface area (Å²) in [5, 5.41) is 4.96. The van der Waals surface area contributed by atoms with E-state index in [1.165, 1.54) is 11.4 Å². The number of sulfonamides is 1. The number of carbonyl (C=O) groups excluding carboxylic acids is 2. The average molecular weight is 383 g/mol. The Labute approximate surface area is 153 Å². The van der Waals surface area contributed by atoms with E-state index in [1.807, 2.05) is 0 Å². The maximum Gasteiger partial charge on any atom is 0.309 e. The number of benzene rings is 1. The van der Waals surface area contributed by atoms with Gasteiger partial charge < -0.3 is 15.4 Å². The first-order valence-corrected chi connectivity index (χ1v) is 10.0. The average Bonchev–Trinajstić information content (AvgIpc) is 3.17. The molecule has 1 saturated heterocycles. The van der Waals surface area contributed by atoms with Crippen molar-refractivity contribution in [3.8, 4) is 0 Å². The normalized spacial score (nSPS) is 15.0. The lowest BCUT2D eigenvalue weighted by Crippen LogP contribution is -2.41. The molecule has 1 heterocycles. The number of rotatable bonds is 8. The maximum absolute atomic E-state index is 12.4. The van der Waals surface area contributed by atoms with Crippen LogP contribution in [0.3, 0.4) is 0 Å². The fourth-order valence-corrected chi connectivity index (χ4v) is 4.17. The van der Waals surface area contributed by atoms with Crippen LogP contribution in [-0.4, -0.2) is 64.4 Å². The molecule has 0 unspecified atom stereocenters. The fourth-order valence-electron chi connectivity index (χ4n) is 2.65. The molecule has 2 rings (SSSR count). The van der Waals surface area contributed by atoms with Crippen molar-refractivity contribution in [2.75, 3.05) is 39.9 Å². The van der Waals surface area contributed by atoms with Crippen LogP contribution in [0.25, 0.3) is 0 Å². The van der Waals surface area contributed by atoms with Gasteiger partial charge in [0.05, 0.1) is 11.5 Å². The Balaban J connectivity index is 1.80. The van der Waals surface area contributed by atoms with Crippen LogP contribution in [0.1, 0.15) is 18.4 Å². The largest absolute Gasteiger partial charge is 0.383 e. The zero-order valence-corrected chi connectivity index (χ0v) is 15.7. The van der Waals surface area contributed by atoms with Crippen molar-refractivity contribution in [3.05, 3.63) is 29.8 Å². The van der Waals surface area contributed by atoms with Crippen LogP contribution in [0.5, 0.6) is 0 Å². The third-order valence-corrected chi connectivity index (χ3v) is 6.04. The predicted molar refractivity (Wildman–Crippen MR) is 96.0 cm³/mol. The molecule has 0 radical (unpaired) electrons. The van der Waals surface area contributed by atoms with Crippen LogP contribution in [0.4, 0.5) is 0 Å². The van der Waals surface area contributed by atoms with Crippen molar-refractivity contribution in [3.63, 3.8) is 0 Å². The SMILES string of the molecule is COCCNC(=O)C(=O)NCCc1ccc(S(=O)(=O)N2CCCC2)cc1. The minimum atomic E-state index is -3.41. The van der Waals surface area contributed by atoms with Crippen LogP contribution in [-0.2, 0) is 30.8 Å². The minimum Gasteiger partial charge on any atom is -0.383 e. The van der Waals surface area contributed by atoms with Crippen molar-refractivity contribution in [2.24, 2.45) is 0 Å². The van der Waals surface area contributed by atoms with E-state index in [2.05, 4.69) is 10.6 Å². The van der Waals surface area contributed by atoms with Crippen molar-refractivity contribution < 1.29 is 22.7 Å². The van der Waals surface area contributed by atoms with Crippen LogP contribution in [0.15, 0.2) is 29.2 Å². The van der Waals surface area contributed by atoms with Crippen LogP contribution < -0.4 is 10.6 Å². The van der Waals surface area contributed by atoms with Crippen molar-refractivity contribution in [2.45, 2.75) is 24.2 Å². The Kier molecular flexibility index (Phi) is 7.55. The molecule has 0 atom stereocenters. The molecule has 26 heavy (non-hydrogen) atoms. The third kappa shape index (κ3) is 5.52. The topological polar surface area (TPSA) is 105 Å². The molecule has 1 aliphatic heterocycles. The smallest absolute Gasteiger partial charge is 0.309 e. The van der Waals surface area contributed by atoms with E-state index in [4.69, 9.17) is 4.74 Å². The first kappa shape index (κ1) is 20.3. The number of ether oxygens (including phenoxy) is 1. The highest BCUT2D eigenvalue weighted by Crippen LogP contribution is 2.21. The first-order chi connectivity index (χ1) is 12.4. The summed E-state index contributed by atoms with van der Waals surface area (Å²) in [4.78, 5) is 23.4. The van der Waals surface area contributed by atoms with Crippen molar-refractivity contribution in [1.82, 2.24) is 14.9 Å². The van der Waals surface area contributed by atoms with Gasteiger partial charge in [0.15, 0.2) is 0 Å². The monoisotopic (exact) mass is 383 g/mol. The van der Waals surface area contributed by atoms with Crippen LogP contribution >= 0.6 is 0 Å². The Morgan fingerprint density at radius 3 is 2.19 bits per heavy atom. The number of carbonyl (C=O) groups is 2. The molecule has 0 saturated carbocycles. The van der Waals surface area contributed by atoms with Gasteiger partial charge in [-0.3, -0.25) is 9.59 Å². The van der Waals surface area contributed by atoms with Gasteiger partial charge in [0.25, 0.3) is 0 Å². The molecular weight excluding hydrogens is 358 g/mol. The van der Waals surface area contributed by atoms with E-state index in [1.54, 1.807) is 24.3 Å². The summed E-state index contributed by atoms with van der Waals surface area (Å²) in [5.74, 6) is -1.40. The van der Waals surface area contributed by atoms with E-state index in [-0.39, 0.29) is 18.0 Å². The Morgan fingerprint density at radius 1 is 1.04 bits per heavy atom. The van der Waals surface area contributed by atoms with E-state index < -0.39 is 21.8 Å². The highest BCUT2D eigenvalue weighted by Gasteiger charge is 2.26. The molecule has 1 aromatic rings. The van der Waals surface area contributed by atoms with Crippen LogP contribution in [0, 0.1) is 0 Å². The van der Waals surface area contributed by atoms with Crippen LogP contribution in [0.2, 0.25) is 0 Å². The summed E-state index contributed by atoms with van der Waals surface area (Å²) >= 11 is 0. The van der Waals surface area contributed by atoms with E-state index >= 15 is 0 Å². The Hall–Kier alpha value is -1.97. The third-order valence-electron chi connectivity index (χ3n) is 4.12. The highest BCUT2D eigenvalue weighted by atomic mass is 32.2. The van der Waals surface area contributed by atoms with E-state index in [9.17, 15) is 18.0 Å². The Bertz CT molecular complexity index is 712. The molecule has 0 aromatic heterocycles. The van der Waals surface area contributed by atoms with Gasteiger partial charge in [-0.2, -0.15) is 4.31 Å². The molecule has 8 nitrogen and oxygen atoms in total. The zero-order chi connectivity index (χ0) is 19.0. The summed E-state index contributed by atoms with van der Waals surface area (Å²) in [5.41, 5.74) is 0.880. The standard InChI is InChI=1S/C17H25N3O5S/c1-25-13-10-19-17(22)16(21)18-9-8-14-4-6-15(7-5-14)26(23,24)20-11-2-3-12-20/h4-7H,2-3,8-13H2,1H3,(H,18,21)(H,19,22). The molecule has 0 aliphatic carbocycles. The molecule has 1 fully saturated rings. The fraction of sp³-hybridized carbons (Fsp3) is 0.529. The van der Waals surface area contributed by atoms with Gasteiger partial charge in [-0.15, -0.1) is 0 Å². The highest BCUT2D eigenvalue weighted by molar-refractivity contribution is 7.89. The zero-order valence-electron chi connectivity index (χ0n) is 14.9. The first-order valence-electron chi connectivity index (χ1n) is 8.59. The summed E-state index contributed by atoms with van der Waals surface area (Å²) in [6.45, 7) is 2.04. The van der Waals surface area contributed by atoms with Gasteiger partial charge >= 0.3 is 11.8 Å². The molecule has 2 N–H and O–H groups in total. The Morgan fingerprint density at radius 2 is 1.62 bits per heavy atom. The quantitative estimate of drug-likeness (QED) is 0.482.